The van der Waals surface area contributed by atoms with Crippen LogP contribution in [0.3, 0.4) is 0 Å². The van der Waals surface area contributed by atoms with Gasteiger partial charge in [0, 0.05) is 39.1 Å². The summed E-state index contributed by atoms with van der Waals surface area (Å²) >= 11 is 0. The van der Waals surface area contributed by atoms with E-state index in [-0.39, 0.29) is 0 Å². The first-order chi connectivity index (χ1) is 8.43. The molecule has 0 fully saturated rings. The van der Waals surface area contributed by atoms with Gasteiger partial charge >= 0.3 is 0 Å². The van der Waals surface area contributed by atoms with Gasteiger partial charge in [-0.15, -0.1) is 0 Å². The summed E-state index contributed by atoms with van der Waals surface area (Å²) in [7, 11) is 1.72. The molecule has 4 heteroatoms. The molecule has 0 saturated heterocycles. The number of hydrogen-bond acceptors (Lipinski definition) is 4. The number of ether oxygens (including phenoxy) is 1. The van der Waals surface area contributed by atoms with E-state index in [0.717, 1.165) is 39.2 Å². The second kappa shape index (κ2) is 10.2. The highest BCUT2D eigenvalue weighted by Gasteiger charge is 1.92. The molecule has 0 bridgehead atoms. The van der Waals surface area contributed by atoms with Gasteiger partial charge in [0.15, 0.2) is 0 Å². The fraction of sp³-hybridized carbons (Fsp3) is 0.615. The summed E-state index contributed by atoms with van der Waals surface area (Å²) in [5.74, 6) is 0. The molecule has 2 N–H and O–H groups in total. The third-order valence-corrected chi connectivity index (χ3v) is 2.53. The highest BCUT2D eigenvalue weighted by molar-refractivity contribution is 5.09. The Morgan fingerprint density at radius 2 is 1.76 bits per heavy atom. The van der Waals surface area contributed by atoms with Crippen molar-refractivity contribution in [2.75, 3.05) is 39.9 Å². The Balaban J connectivity index is 1.85. The lowest BCUT2D eigenvalue weighted by Crippen LogP contribution is -2.30. The minimum atomic E-state index is 0.780. The first kappa shape index (κ1) is 14.1. The van der Waals surface area contributed by atoms with E-state index < -0.39 is 0 Å². The summed E-state index contributed by atoms with van der Waals surface area (Å²) in [5, 5.41) is 6.71. The fourth-order valence-electron chi connectivity index (χ4n) is 1.57. The van der Waals surface area contributed by atoms with Gasteiger partial charge < -0.3 is 15.4 Å². The molecular formula is C13H23N3O. The number of hydrogen-bond donors (Lipinski definition) is 2. The molecule has 0 aliphatic rings. The third kappa shape index (κ3) is 7.85. The molecule has 0 aliphatic heterocycles. The molecule has 1 aromatic heterocycles. The van der Waals surface area contributed by atoms with E-state index in [1.54, 1.807) is 7.11 Å². The molecule has 0 saturated carbocycles. The molecule has 4 nitrogen and oxygen atoms in total. The normalized spacial score (nSPS) is 10.6. The first-order valence-corrected chi connectivity index (χ1v) is 6.23. The predicted octanol–water partition coefficient (Wildman–Crippen LogP) is 0.840. The van der Waals surface area contributed by atoms with Crippen molar-refractivity contribution >= 4 is 0 Å². The summed E-state index contributed by atoms with van der Waals surface area (Å²) in [6.45, 7) is 4.78. The topological polar surface area (TPSA) is 46.2 Å². The van der Waals surface area contributed by atoms with Gasteiger partial charge in [0.2, 0.25) is 0 Å². The summed E-state index contributed by atoms with van der Waals surface area (Å²) in [6, 6.07) is 4.15. The summed E-state index contributed by atoms with van der Waals surface area (Å²) in [5.41, 5.74) is 1.36. The summed E-state index contributed by atoms with van der Waals surface area (Å²) in [4.78, 5) is 4.00. The Labute approximate surface area is 104 Å². The number of nitrogens with zero attached hydrogens (tertiary/aromatic N) is 1. The molecule has 0 radical (unpaired) electrons. The van der Waals surface area contributed by atoms with Crippen molar-refractivity contribution in [3.8, 4) is 0 Å². The van der Waals surface area contributed by atoms with Crippen molar-refractivity contribution in [1.82, 2.24) is 15.6 Å². The maximum absolute atomic E-state index is 4.95. The predicted molar refractivity (Wildman–Crippen MR) is 70.2 cm³/mol. The maximum atomic E-state index is 4.95. The van der Waals surface area contributed by atoms with Gasteiger partial charge in [0.1, 0.15) is 0 Å². The highest BCUT2D eigenvalue weighted by Crippen LogP contribution is 1.99. The van der Waals surface area contributed by atoms with Crippen molar-refractivity contribution in [2.24, 2.45) is 0 Å². The van der Waals surface area contributed by atoms with Gasteiger partial charge in [-0.25, -0.2) is 0 Å². The zero-order chi connectivity index (χ0) is 12.2. The van der Waals surface area contributed by atoms with Crippen LogP contribution in [-0.2, 0) is 11.2 Å². The average molecular weight is 237 g/mol. The molecule has 0 aromatic carbocycles. The van der Waals surface area contributed by atoms with Crippen molar-refractivity contribution in [3.05, 3.63) is 30.1 Å². The average Bonchev–Trinajstić information content (AvgIpc) is 2.38. The Morgan fingerprint density at radius 3 is 2.47 bits per heavy atom. The monoisotopic (exact) mass is 237 g/mol. The smallest absolute Gasteiger partial charge is 0.0587 e. The molecule has 1 heterocycles. The van der Waals surface area contributed by atoms with Crippen LogP contribution < -0.4 is 10.6 Å². The van der Waals surface area contributed by atoms with Crippen LogP contribution in [0.25, 0.3) is 0 Å². The van der Waals surface area contributed by atoms with Crippen molar-refractivity contribution in [1.29, 1.82) is 0 Å². The summed E-state index contributed by atoms with van der Waals surface area (Å²) < 4.78 is 4.95. The third-order valence-electron chi connectivity index (χ3n) is 2.53. The van der Waals surface area contributed by atoms with Crippen LogP contribution >= 0.6 is 0 Å². The molecule has 17 heavy (non-hydrogen) atoms. The van der Waals surface area contributed by atoms with Crippen LogP contribution in [0.5, 0.6) is 0 Å². The molecule has 96 valence electrons. The number of nitrogens with one attached hydrogen (secondary N) is 2. The van der Waals surface area contributed by atoms with E-state index in [9.17, 15) is 0 Å². The second-order valence-corrected chi connectivity index (χ2v) is 3.95. The van der Waals surface area contributed by atoms with Crippen LogP contribution in [0.15, 0.2) is 24.5 Å². The summed E-state index contributed by atoms with van der Waals surface area (Å²) in [6.07, 6.45) is 5.99. The largest absolute Gasteiger partial charge is 0.383 e. The molecule has 0 atom stereocenters. The lowest BCUT2D eigenvalue weighted by atomic mass is 10.1. The van der Waals surface area contributed by atoms with Gasteiger partial charge in [-0.1, -0.05) is 0 Å². The van der Waals surface area contributed by atoms with Crippen LogP contribution in [0.2, 0.25) is 0 Å². The number of aromatic nitrogens is 1. The van der Waals surface area contributed by atoms with Crippen LogP contribution in [-0.4, -0.2) is 44.9 Å². The molecule has 0 unspecified atom stereocenters. The standard InChI is InChI=1S/C13H23N3O/c1-17-12-11-16-10-9-14-6-2-3-13-4-7-15-8-5-13/h4-5,7-8,14,16H,2-3,6,9-12H2,1H3. The molecule has 0 spiro atoms. The molecule has 0 amide bonds. The van der Waals surface area contributed by atoms with Gasteiger partial charge in [0.05, 0.1) is 6.61 Å². The Bertz CT molecular complexity index is 267. The fourth-order valence-corrected chi connectivity index (χ4v) is 1.57. The zero-order valence-corrected chi connectivity index (χ0v) is 10.6. The molecule has 1 aromatic rings. The quantitative estimate of drug-likeness (QED) is 0.592. The lowest BCUT2D eigenvalue weighted by Gasteiger charge is -2.06. The van der Waals surface area contributed by atoms with Crippen LogP contribution in [0.1, 0.15) is 12.0 Å². The number of rotatable bonds is 10. The van der Waals surface area contributed by atoms with Crippen molar-refractivity contribution in [2.45, 2.75) is 12.8 Å². The van der Waals surface area contributed by atoms with Crippen LogP contribution in [0.4, 0.5) is 0 Å². The van der Waals surface area contributed by atoms with E-state index in [2.05, 4.69) is 27.8 Å². The van der Waals surface area contributed by atoms with Gasteiger partial charge in [0.25, 0.3) is 0 Å². The van der Waals surface area contributed by atoms with E-state index in [1.165, 1.54) is 12.0 Å². The Morgan fingerprint density at radius 1 is 1.06 bits per heavy atom. The SMILES string of the molecule is COCCNCCNCCCc1ccncc1. The van der Waals surface area contributed by atoms with Crippen molar-refractivity contribution in [3.63, 3.8) is 0 Å². The van der Waals surface area contributed by atoms with E-state index in [1.807, 2.05) is 12.4 Å². The van der Waals surface area contributed by atoms with Gasteiger partial charge in [-0.2, -0.15) is 0 Å². The van der Waals surface area contributed by atoms with Gasteiger partial charge in [-0.05, 0) is 37.1 Å². The minimum Gasteiger partial charge on any atom is -0.383 e. The lowest BCUT2D eigenvalue weighted by molar-refractivity contribution is 0.199. The number of pyridine rings is 1. The first-order valence-electron chi connectivity index (χ1n) is 6.23. The molecule has 1 rings (SSSR count). The zero-order valence-electron chi connectivity index (χ0n) is 10.6. The molecule has 0 aliphatic carbocycles. The van der Waals surface area contributed by atoms with Crippen molar-refractivity contribution < 1.29 is 4.74 Å². The molecular weight excluding hydrogens is 214 g/mol. The van der Waals surface area contributed by atoms with E-state index in [4.69, 9.17) is 4.74 Å². The van der Waals surface area contributed by atoms with E-state index >= 15 is 0 Å². The van der Waals surface area contributed by atoms with Gasteiger partial charge in [-0.3, -0.25) is 4.98 Å². The maximum Gasteiger partial charge on any atom is 0.0587 e. The number of aryl methyl sites for hydroxylation is 1. The van der Waals surface area contributed by atoms with E-state index in [0.29, 0.717) is 0 Å². The Kier molecular flexibility index (Phi) is 8.46. The second-order valence-electron chi connectivity index (χ2n) is 3.95. The minimum absolute atomic E-state index is 0.780. The van der Waals surface area contributed by atoms with Crippen LogP contribution in [0, 0.1) is 0 Å². The highest BCUT2D eigenvalue weighted by atomic mass is 16.5. The number of methoxy groups -OCH3 is 1. The Hall–Kier alpha value is -0.970.